The lowest BCUT2D eigenvalue weighted by Gasteiger charge is -2.23. The van der Waals surface area contributed by atoms with Crippen molar-refractivity contribution < 1.29 is 45.4 Å². The molecule has 0 amide bonds. The van der Waals surface area contributed by atoms with Crippen LogP contribution in [-0.2, 0) is 31.4 Å². The first-order chi connectivity index (χ1) is 18.3. The molecule has 200 valence electrons. The molecule has 2 aromatic carbocycles. The van der Waals surface area contributed by atoms with Gasteiger partial charge in [-0.25, -0.2) is 0 Å². The van der Waals surface area contributed by atoms with Crippen LogP contribution in [0.2, 0.25) is 0 Å². The summed E-state index contributed by atoms with van der Waals surface area (Å²) in [5.41, 5.74) is -3.07. The average Bonchev–Trinajstić information content (AvgIpc) is 2.90. The molecule has 39 heavy (non-hydrogen) atoms. The van der Waals surface area contributed by atoms with E-state index in [2.05, 4.69) is 47.4 Å². The average molecular weight is 544 g/mol. The highest BCUT2D eigenvalue weighted by atomic mass is 19.4. The maximum atomic E-state index is 12.6. The van der Waals surface area contributed by atoms with Crippen molar-refractivity contribution in [3.05, 3.63) is 70.8 Å². The van der Waals surface area contributed by atoms with E-state index >= 15 is 0 Å². The first-order valence-electron chi connectivity index (χ1n) is 10.8. The number of halogens is 6. The molecule has 2 aromatic rings. The van der Waals surface area contributed by atoms with Crippen molar-refractivity contribution in [1.82, 2.24) is 0 Å². The van der Waals surface area contributed by atoms with Crippen LogP contribution in [0.15, 0.2) is 48.5 Å². The molecule has 2 rings (SSSR count). The van der Waals surface area contributed by atoms with E-state index in [9.17, 15) is 35.9 Å². The smallest absolute Gasteiger partial charge is 0.416 e. The molecule has 0 radical (unpaired) electrons. The Balaban J connectivity index is 2.21. The van der Waals surface area contributed by atoms with Crippen LogP contribution in [0.5, 0.6) is 0 Å². The van der Waals surface area contributed by atoms with E-state index in [4.69, 9.17) is 9.47 Å². The highest BCUT2D eigenvalue weighted by Crippen LogP contribution is 2.31. The molecule has 4 nitrogen and oxygen atoms in total. The predicted octanol–water partition coefficient (Wildman–Crippen LogP) is 5.25. The maximum Gasteiger partial charge on any atom is 0.416 e. The van der Waals surface area contributed by atoms with Crippen molar-refractivity contribution in [2.75, 3.05) is 14.2 Å². The summed E-state index contributed by atoms with van der Waals surface area (Å²) in [6.07, 6.45) is -9.77. The van der Waals surface area contributed by atoms with Gasteiger partial charge in [-0.1, -0.05) is 23.7 Å². The molecule has 0 heterocycles. The second-order valence-electron chi connectivity index (χ2n) is 7.67. The quantitative estimate of drug-likeness (QED) is 0.229. The summed E-state index contributed by atoms with van der Waals surface area (Å²) < 4.78 is 85.3. The van der Waals surface area contributed by atoms with Crippen LogP contribution in [0, 0.1) is 52.8 Å². The van der Waals surface area contributed by atoms with E-state index in [0.29, 0.717) is 0 Å². The Morgan fingerprint density at radius 2 is 0.949 bits per heavy atom. The van der Waals surface area contributed by atoms with E-state index in [0.717, 1.165) is 38.5 Å². The minimum absolute atomic E-state index is 0.266. The first-order valence-corrected chi connectivity index (χ1v) is 10.8. The minimum Gasteiger partial charge on any atom is -0.468 e. The summed E-state index contributed by atoms with van der Waals surface area (Å²) >= 11 is 0. The van der Waals surface area contributed by atoms with Crippen LogP contribution in [0.25, 0.3) is 0 Å². The molecule has 10 heteroatoms. The zero-order chi connectivity index (χ0) is 29.1. The zero-order valence-electron chi connectivity index (χ0n) is 20.4. The van der Waals surface area contributed by atoms with Gasteiger partial charge in [-0.2, -0.15) is 26.3 Å². The Labute approximate surface area is 220 Å². The zero-order valence-corrected chi connectivity index (χ0v) is 20.4. The third kappa shape index (κ3) is 8.63. The molecular weight excluding hydrogens is 526 g/mol. The van der Waals surface area contributed by atoms with E-state index in [1.54, 1.807) is 0 Å². The van der Waals surface area contributed by atoms with Gasteiger partial charge in [0.2, 0.25) is 0 Å². The van der Waals surface area contributed by atoms with E-state index < -0.39 is 53.7 Å². The van der Waals surface area contributed by atoms with Gasteiger partial charge in [0.1, 0.15) is 0 Å². The number of carbonyl (C=O) groups excluding carboxylic acids is 2. The predicted molar refractivity (Wildman–Crippen MR) is 128 cm³/mol. The molecule has 0 aliphatic heterocycles. The molecular formula is C29H18F6O4. The van der Waals surface area contributed by atoms with Crippen molar-refractivity contribution >= 4 is 11.9 Å². The van der Waals surface area contributed by atoms with Gasteiger partial charge in [0.15, 0.2) is 5.41 Å². The molecule has 0 saturated heterocycles. The third-order valence-corrected chi connectivity index (χ3v) is 5.07. The molecule has 0 unspecified atom stereocenters. The molecule has 0 aromatic heterocycles. The number of carbonyl (C=O) groups is 2. The third-order valence-electron chi connectivity index (χ3n) is 5.07. The van der Waals surface area contributed by atoms with Crippen LogP contribution < -0.4 is 0 Å². The number of ether oxygens (including phenoxy) is 2. The lowest BCUT2D eigenvalue weighted by Crippen LogP contribution is -2.40. The molecule has 0 atom stereocenters. The topological polar surface area (TPSA) is 52.6 Å². The van der Waals surface area contributed by atoms with Crippen molar-refractivity contribution in [3.8, 4) is 47.4 Å². The fraction of sp³-hybridized carbons (Fsp3) is 0.241. The van der Waals surface area contributed by atoms with E-state index in [1.807, 2.05) is 0 Å². The van der Waals surface area contributed by atoms with Gasteiger partial charge in [0.05, 0.1) is 25.3 Å². The maximum absolute atomic E-state index is 12.6. The van der Waals surface area contributed by atoms with Gasteiger partial charge in [-0.3, -0.25) is 9.59 Å². The molecule has 0 saturated carbocycles. The molecule has 0 aliphatic carbocycles. The first kappa shape index (κ1) is 30.4. The molecule has 0 aliphatic rings. The van der Waals surface area contributed by atoms with Crippen LogP contribution in [-0.4, -0.2) is 26.2 Å². The minimum atomic E-state index is -4.48. The Morgan fingerprint density at radius 1 is 0.615 bits per heavy atom. The van der Waals surface area contributed by atoms with E-state index in [-0.39, 0.29) is 11.1 Å². The standard InChI is InChI=1S/C29H18F6O4/c1-38-25(36)27(26(37)39-2,19-7-3-5-9-21-11-15-23(16-12-21)28(30,31)32)20-8-4-6-10-22-13-17-24(18-14-22)29(33,34)35/h11-18H,19-20H2,1-2H3. The lowest BCUT2D eigenvalue weighted by atomic mass is 9.81. The molecule has 0 spiro atoms. The molecule has 0 N–H and O–H groups in total. The number of hydrogen-bond acceptors (Lipinski definition) is 4. The summed E-state index contributed by atoms with van der Waals surface area (Å²) in [6.45, 7) is 0. The number of esters is 2. The lowest BCUT2D eigenvalue weighted by molar-refractivity contribution is -0.168. The summed E-state index contributed by atoms with van der Waals surface area (Å²) in [6, 6.07) is 8.18. The largest absolute Gasteiger partial charge is 0.468 e. The van der Waals surface area contributed by atoms with E-state index in [1.165, 1.54) is 24.3 Å². The second-order valence-corrected chi connectivity index (χ2v) is 7.67. The van der Waals surface area contributed by atoms with Crippen molar-refractivity contribution in [3.63, 3.8) is 0 Å². The summed E-state index contributed by atoms with van der Waals surface area (Å²) in [5.74, 6) is 17.9. The Kier molecular flexibility index (Phi) is 10.2. The van der Waals surface area contributed by atoms with Crippen LogP contribution in [0.4, 0.5) is 26.3 Å². The monoisotopic (exact) mass is 544 g/mol. The number of alkyl halides is 6. The highest BCUT2D eigenvalue weighted by molar-refractivity contribution is 6.00. The number of hydrogen-bond donors (Lipinski definition) is 0. The number of methoxy groups -OCH3 is 2. The van der Waals surface area contributed by atoms with Crippen LogP contribution in [0.3, 0.4) is 0 Å². The number of rotatable bonds is 4. The summed E-state index contributed by atoms with van der Waals surface area (Å²) in [5, 5.41) is 0. The Hall–Kier alpha value is -4.80. The van der Waals surface area contributed by atoms with Gasteiger partial charge in [0, 0.05) is 24.0 Å². The van der Waals surface area contributed by atoms with Gasteiger partial charge >= 0.3 is 24.3 Å². The normalized spacial score (nSPS) is 10.7. The van der Waals surface area contributed by atoms with Crippen LogP contribution >= 0.6 is 0 Å². The van der Waals surface area contributed by atoms with Gasteiger partial charge in [-0.05, 0) is 72.2 Å². The van der Waals surface area contributed by atoms with Gasteiger partial charge < -0.3 is 9.47 Å². The Morgan fingerprint density at radius 3 is 1.23 bits per heavy atom. The second kappa shape index (κ2) is 13.1. The Bertz CT molecular complexity index is 1330. The van der Waals surface area contributed by atoms with Gasteiger partial charge in [-0.15, -0.1) is 0 Å². The molecule has 0 bridgehead atoms. The van der Waals surface area contributed by atoms with Crippen molar-refractivity contribution in [2.45, 2.75) is 25.2 Å². The fourth-order valence-corrected chi connectivity index (χ4v) is 3.00. The van der Waals surface area contributed by atoms with Crippen LogP contribution in [0.1, 0.15) is 35.1 Å². The van der Waals surface area contributed by atoms with Gasteiger partial charge in [0.25, 0.3) is 0 Å². The SMILES string of the molecule is COC(=O)C(CC#CC#Cc1ccc(C(F)(F)F)cc1)(CC#CC#Cc1ccc(C(F)(F)F)cc1)C(=O)OC. The highest BCUT2D eigenvalue weighted by Gasteiger charge is 2.47. The summed E-state index contributed by atoms with van der Waals surface area (Å²) in [4.78, 5) is 25.0. The molecule has 0 fully saturated rings. The van der Waals surface area contributed by atoms with Crippen molar-refractivity contribution in [2.24, 2.45) is 5.41 Å². The summed E-state index contributed by atoms with van der Waals surface area (Å²) in [7, 11) is 2.10. The fourth-order valence-electron chi connectivity index (χ4n) is 3.00. The number of benzene rings is 2. The van der Waals surface area contributed by atoms with Crippen molar-refractivity contribution in [1.29, 1.82) is 0 Å².